The van der Waals surface area contributed by atoms with Crippen LogP contribution in [0.25, 0.3) is 0 Å². The Hall–Kier alpha value is -1.20. The van der Waals surface area contributed by atoms with Crippen LogP contribution < -0.4 is 5.32 Å². The number of aromatic nitrogens is 2. The van der Waals surface area contributed by atoms with Crippen LogP contribution in [0.3, 0.4) is 0 Å². The van der Waals surface area contributed by atoms with E-state index < -0.39 is 0 Å². The molecule has 20 heavy (non-hydrogen) atoms. The average Bonchev–Trinajstić information content (AvgIpc) is 2.91. The largest absolute Gasteiger partial charge is 0.337 e. The van der Waals surface area contributed by atoms with Crippen LogP contribution in [-0.2, 0) is 6.54 Å². The molecule has 3 nitrogen and oxygen atoms in total. The highest BCUT2D eigenvalue weighted by Crippen LogP contribution is 2.24. The Kier molecular flexibility index (Phi) is 5.73. The Morgan fingerprint density at radius 1 is 1.40 bits per heavy atom. The summed E-state index contributed by atoms with van der Waals surface area (Å²) in [6.07, 6.45) is 7.83. The molecule has 0 amide bonds. The molecule has 1 aromatic heterocycles. The van der Waals surface area contributed by atoms with Crippen LogP contribution in [0.1, 0.15) is 31.4 Å². The van der Waals surface area contributed by atoms with Gasteiger partial charge in [0, 0.05) is 29.5 Å². The number of rotatable bonds is 7. The second kappa shape index (κ2) is 7.55. The number of hydrogen-bond acceptors (Lipinski definition) is 2. The molecule has 1 heterocycles. The summed E-state index contributed by atoms with van der Waals surface area (Å²) in [5.41, 5.74) is 1.08. The van der Waals surface area contributed by atoms with Gasteiger partial charge in [0.15, 0.2) is 0 Å². The maximum Gasteiger partial charge on any atom is 0.124 e. The van der Waals surface area contributed by atoms with Crippen LogP contribution in [0.15, 0.2) is 41.4 Å². The van der Waals surface area contributed by atoms with Gasteiger partial charge in [-0.2, -0.15) is 0 Å². The lowest BCUT2D eigenvalue weighted by Crippen LogP contribution is -2.20. The van der Waals surface area contributed by atoms with Crippen LogP contribution in [0.4, 0.5) is 4.39 Å². The van der Waals surface area contributed by atoms with Crippen molar-refractivity contribution in [3.8, 4) is 0 Å². The summed E-state index contributed by atoms with van der Waals surface area (Å²) in [6.45, 7) is 4.03. The quantitative estimate of drug-likeness (QED) is 0.775. The van der Waals surface area contributed by atoms with E-state index in [1.807, 2.05) is 18.6 Å². The van der Waals surface area contributed by atoms with Crippen molar-refractivity contribution < 1.29 is 4.39 Å². The molecule has 0 radical (unpaired) electrons. The van der Waals surface area contributed by atoms with Crippen molar-refractivity contribution in [1.82, 2.24) is 14.9 Å². The fourth-order valence-corrected chi connectivity index (χ4v) is 2.81. The van der Waals surface area contributed by atoms with Crippen LogP contribution in [0.5, 0.6) is 0 Å². The Morgan fingerprint density at radius 2 is 2.25 bits per heavy atom. The zero-order valence-electron chi connectivity index (χ0n) is 11.5. The van der Waals surface area contributed by atoms with Crippen molar-refractivity contribution in [3.63, 3.8) is 0 Å². The summed E-state index contributed by atoms with van der Waals surface area (Å²) in [7, 11) is 0. The molecule has 0 spiro atoms. The number of halogens is 2. The molecule has 2 aromatic rings. The smallest absolute Gasteiger partial charge is 0.124 e. The molecule has 1 aromatic carbocycles. The predicted octanol–water partition coefficient (Wildman–Crippen LogP) is 3.92. The maximum absolute atomic E-state index is 13.0. The molecular weight excluding hydrogens is 321 g/mol. The molecule has 0 aliphatic heterocycles. The summed E-state index contributed by atoms with van der Waals surface area (Å²) in [5, 5.41) is 3.46. The summed E-state index contributed by atoms with van der Waals surface area (Å²) in [5.74, 6) is -0.215. The zero-order chi connectivity index (χ0) is 14.4. The second-order valence-electron chi connectivity index (χ2n) is 4.85. The topological polar surface area (TPSA) is 29.9 Å². The molecule has 1 atom stereocenters. The molecule has 0 aliphatic carbocycles. The number of benzene rings is 1. The highest BCUT2D eigenvalue weighted by molar-refractivity contribution is 9.10. The van der Waals surface area contributed by atoms with Crippen molar-refractivity contribution in [2.24, 2.45) is 0 Å². The Balaban J connectivity index is 1.70. The van der Waals surface area contributed by atoms with Crippen LogP contribution >= 0.6 is 15.9 Å². The van der Waals surface area contributed by atoms with Gasteiger partial charge in [-0.1, -0.05) is 22.0 Å². The minimum atomic E-state index is -0.215. The first kappa shape index (κ1) is 15.2. The predicted molar refractivity (Wildman–Crippen MR) is 82.0 cm³/mol. The lowest BCUT2D eigenvalue weighted by Gasteiger charge is -2.16. The van der Waals surface area contributed by atoms with Gasteiger partial charge < -0.3 is 9.88 Å². The summed E-state index contributed by atoms with van der Waals surface area (Å²) < 4.78 is 15.9. The second-order valence-corrected chi connectivity index (χ2v) is 5.70. The SMILES string of the molecule is CC(NCCCCn1ccnc1)c1ccc(F)cc1Br. The van der Waals surface area contributed by atoms with Crippen LogP contribution in [0.2, 0.25) is 0 Å². The van der Waals surface area contributed by atoms with Gasteiger partial charge >= 0.3 is 0 Å². The van der Waals surface area contributed by atoms with E-state index in [9.17, 15) is 4.39 Å². The normalized spacial score (nSPS) is 12.6. The lowest BCUT2D eigenvalue weighted by atomic mass is 10.1. The van der Waals surface area contributed by atoms with Gasteiger partial charge in [-0.3, -0.25) is 0 Å². The zero-order valence-corrected chi connectivity index (χ0v) is 13.1. The van der Waals surface area contributed by atoms with E-state index in [1.165, 1.54) is 12.1 Å². The van der Waals surface area contributed by atoms with E-state index >= 15 is 0 Å². The highest BCUT2D eigenvalue weighted by atomic mass is 79.9. The van der Waals surface area contributed by atoms with Crippen molar-refractivity contribution in [2.75, 3.05) is 6.54 Å². The fourth-order valence-electron chi connectivity index (χ4n) is 2.12. The minimum Gasteiger partial charge on any atom is -0.337 e. The minimum absolute atomic E-state index is 0.207. The first-order valence-electron chi connectivity index (χ1n) is 6.81. The van der Waals surface area contributed by atoms with E-state index in [-0.39, 0.29) is 11.9 Å². The molecule has 0 bridgehead atoms. The number of imidazole rings is 1. The number of nitrogens with one attached hydrogen (secondary N) is 1. The summed E-state index contributed by atoms with van der Waals surface area (Å²) >= 11 is 3.41. The molecule has 2 rings (SSSR count). The van der Waals surface area contributed by atoms with Gasteiger partial charge in [0.25, 0.3) is 0 Å². The number of hydrogen-bond donors (Lipinski definition) is 1. The van der Waals surface area contributed by atoms with Crippen molar-refractivity contribution in [1.29, 1.82) is 0 Å². The van der Waals surface area contributed by atoms with Crippen LogP contribution in [-0.4, -0.2) is 16.1 Å². The molecule has 1 unspecified atom stereocenters. The third kappa shape index (κ3) is 4.42. The molecule has 1 N–H and O–H groups in total. The van der Waals surface area contributed by atoms with Crippen molar-refractivity contribution in [3.05, 3.63) is 52.8 Å². The standard InChI is InChI=1S/C15H19BrFN3/c1-12(14-5-4-13(17)10-15(14)16)19-6-2-3-8-20-9-7-18-11-20/h4-5,7,9-12,19H,2-3,6,8H2,1H3. The molecule has 0 saturated carbocycles. The molecule has 0 saturated heterocycles. The van der Waals surface area contributed by atoms with E-state index in [4.69, 9.17) is 0 Å². The Labute approximate surface area is 127 Å². The molecule has 0 fully saturated rings. The molecule has 0 aliphatic rings. The maximum atomic E-state index is 13.0. The van der Waals surface area contributed by atoms with Gasteiger partial charge in [0.2, 0.25) is 0 Å². The number of unbranched alkanes of at least 4 members (excludes halogenated alkanes) is 1. The third-order valence-electron chi connectivity index (χ3n) is 3.28. The first-order valence-corrected chi connectivity index (χ1v) is 7.60. The number of aryl methyl sites for hydroxylation is 1. The molecule has 108 valence electrons. The lowest BCUT2D eigenvalue weighted by molar-refractivity contribution is 0.521. The fraction of sp³-hybridized carbons (Fsp3) is 0.400. The Bertz CT molecular complexity index is 528. The first-order chi connectivity index (χ1) is 9.66. The van der Waals surface area contributed by atoms with E-state index in [1.54, 1.807) is 6.20 Å². The number of nitrogens with zero attached hydrogens (tertiary/aromatic N) is 2. The monoisotopic (exact) mass is 339 g/mol. The summed E-state index contributed by atoms with van der Waals surface area (Å²) in [4.78, 5) is 4.02. The third-order valence-corrected chi connectivity index (χ3v) is 3.97. The van der Waals surface area contributed by atoms with E-state index in [0.29, 0.717) is 0 Å². The van der Waals surface area contributed by atoms with E-state index in [0.717, 1.165) is 36.0 Å². The van der Waals surface area contributed by atoms with Gasteiger partial charge in [0.05, 0.1) is 6.33 Å². The molecule has 5 heteroatoms. The summed E-state index contributed by atoms with van der Waals surface area (Å²) in [6, 6.07) is 5.03. The average molecular weight is 340 g/mol. The molecular formula is C15H19BrFN3. The van der Waals surface area contributed by atoms with E-state index in [2.05, 4.69) is 37.7 Å². The van der Waals surface area contributed by atoms with Gasteiger partial charge in [-0.05, 0) is 44.0 Å². The van der Waals surface area contributed by atoms with Gasteiger partial charge in [-0.25, -0.2) is 9.37 Å². The van der Waals surface area contributed by atoms with Crippen molar-refractivity contribution in [2.45, 2.75) is 32.4 Å². The highest BCUT2D eigenvalue weighted by Gasteiger charge is 2.09. The van der Waals surface area contributed by atoms with Gasteiger partial charge in [-0.15, -0.1) is 0 Å². The van der Waals surface area contributed by atoms with Gasteiger partial charge in [0.1, 0.15) is 5.82 Å². The Morgan fingerprint density at radius 3 is 2.95 bits per heavy atom. The van der Waals surface area contributed by atoms with Crippen LogP contribution in [0, 0.1) is 5.82 Å². The van der Waals surface area contributed by atoms with Crippen molar-refractivity contribution >= 4 is 15.9 Å².